The molecule has 0 saturated heterocycles. The van der Waals surface area contributed by atoms with Crippen LogP contribution in [0.5, 0.6) is 5.75 Å². The van der Waals surface area contributed by atoms with Crippen molar-refractivity contribution in [2.75, 3.05) is 11.9 Å². The second-order valence-electron chi connectivity index (χ2n) is 4.50. The van der Waals surface area contributed by atoms with Crippen LogP contribution in [0.3, 0.4) is 0 Å². The molecule has 1 aromatic heterocycles. The van der Waals surface area contributed by atoms with Crippen molar-refractivity contribution in [1.82, 2.24) is 9.97 Å². The summed E-state index contributed by atoms with van der Waals surface area (Å²) in [6, 6.07) is 2.68. The Hall–Kier alpha value is -2.21. The molecule has 0 radical (unpaired) electrons. The lowest BCUT2D eigenvalue weighted by Gasteiger charge is -2.19. The van der Waals surface area contributed by atoms with Gasteiger partial charge in [0.15, 0.2) is 6.61 Å². The number of nitrogens with zero attached hydrogens (tertiary/aromatic N) is 2. The van der Waals surface area contributed by atoms with Crippen LogP contribution < -0.4 is 10.1 Å². The maximum Gasteiger partial charge on any atom is 0.262 e. The van der Waals surface area contributed by atoms with Crippen LogP contribution in [0.4, 0.5) is 10.1 Å². The van der Waals surface area contributed by atoms with Crippen molar-refractivity contribution in [3.8, 4) is 17.0 Å². The second-order valence-corrected chi connectivity index (χ2v) is 4.88. The molecule has 5 nitrogen and oxygen atoms in total. The van der Waals surface area contributed by atoms with Gasteiger partial charge >= 0.3 is 0 Å². The van der Waals surface area contributed by atoms with Crippen LogP contribution in [0.15, 0.2) is 18.5 Å². The zero-order chi connectivity index (χ0) is 15.0. The molecule has 2 heterocycles. The number of carbonyl (C=O) groups is 1. The first kappa shape index (κ1) is 13.8. The van der Waals surface area contributed by atoms with Gasteiger partial charge in [-0.05, 0) is 12.5 Å². The molecule has 2 aromatic rings. The van der Waals surface area contributed by atoms with Crippen molar-refractivity contribution in [3.05, 3.63) is 35.0 Å². The van der Waals surface area contributed by atoms with Gasteiger partial charge in [0.25, 0.3) is 5.91 Å². The third-order valence-electron chi connectivity index (χ3n) is 3.15. The van der Waals surface area contributed by atoms with Crippen molar-refractivity contribution in [3.63, 3.8) is 0 Å². The highest BCUT2D eigenvalue weighted by atomic mass is 35.5. The van der Waals surface area contributed by atoms with Crippen LogP contribution in [0.2, 0.25) is 5.02 Å². The molecule has 1 aliphatic rings. The Kier molecular flexibility index (Phi) is 3.47. The molecule has 0 atom stereocenters. The van der Waals surface area contributed by atoms with Crippen LogP contribution >= 0.6 is 11.6 Å². The number of nitrogens with one attached hydrogen (secondary N) is 1. The Morgan fingerprint density at radius 2 is 2.24 bits per heavy atom. The summed E-state index contributed by atoms with van der Waals surface area (Å²) in [5, 5.41) is 2.94. The van der Waals surface area contributed by atoms with Crippen LogP contribution in [0.25, 0.3) is 11.3 Å². The Morgan fingerprint density at radius 1 is 1.43 bits per heavy atom. The SMILES string of the molecule is CCc1ncnc(-c2cc3c(cc2F)OCC(=O)N3)c1Cl. The lowest BCUT2D eigenvalue weighted by atomic mass is 10.1. The van der Waals surface area contributed by atoms with Crippen molar-refractivity contribution in [1.29, 1.82) is 0 Å². The monoisotopic (exact) mass is 307 g/mol. The summed E-state index contributed by atoms with van der Waals surface area (Å²) in [6.07, 6.45) is 1.95. The van der Waals surface area contributed by atoms with Crippen LogP contribution in [-0.2, 0) is 11.2 Å². The van der Waals surface area contributed by atoms with Gasteiger partial charge in [0.05, 0.1) is 22.1 Å². The van der Waals surface area contributed by atoms with Gasteiger partial charge < -0.3 is 10.1 Å². The maximum absolute atomic E-state index is 14.3. The smallest absolute Gasteiger partial charge is 0.262 e. The minimum absolute atomic E-state index is 0.125. The molecule has 21 heavy (non-hydrogen) atoms. The number of amides is 1. The summed E-state index contributed by atoms with van der Waals surface area (Å²) in [5.41, 5.74) is 1.53. The Balaban J connectivity index is 2.15. The molecule has 1 amide bonds. The molecule has 1 N–H and O–H groups in total. The number of hydrogen-bond acceptors (Lipinski definition) is 4. The van der Waals surface area contributed by atoms with Gasteiger partial charge in [-0.25, -0.2) is 14.4 Å². The quantitative estimate of drug-likeness (QED) is 0.926. The van der Waals surface area contributed by atoms with Crippen LogP contribution in [0, 0.1) is 5.82 Å². The molecular weight excluding hydrogens is 297 g/mol. The van der Waals surface area contributed by atoms with E-state index in [0.29, 0.717) is 28.5 Å². The normalized spacial score (nSPS) is 13.4. The summed E-state index contributed by atoms with van der Waals surface area (Å²) in [5.74, 6) is -0.521. The molecule has 0 spiro atoms. The Morgan fingerprint density at radius 3 is 3.00 bits per heavy atom. The van der Waals surface area contributed by atoms with E-state index in [2.05, 4.69) is 15.3 Å². The van der Waals surface area contributed by atoms with Crippen LogP contribution in [0.1, 0.15) is 12.6 Å². The summed E-state index contributed by atoms with van der Waals surface area (Å²) in [7, 11) is 0. The lowest BCUT2D eigenvalue weighted by Crippen LogP contribution is -2.25. The lowest BCUT2D eigenvalue weighted by molar-refractivity contribution is -0.118. The number of aromatic nitrogens is 2. The van der Waals surface area contributed by atoms with Crippen molar-refractivity contribution >= 4 is 23.2 Å². The molecule has 108 valence electrons. The predicted octanol–water partition coefficient (Wildman–Crippen LogP) is 2.83. The summed E-state index contributed by atoms with van der Waals surface area (Å²) >= 11 is 6.22. The summed E-state index contributed by atoms with van der Waals surface area (Å²) in [4.78, 5) is 19.4. The first-order valence-electron chi connectivity index (χ1n) is 6.36. The molecule has 0 saturated carbocycles. The van der Waals surface area contributed by atoms with E-state index in [1.54, 1.807) is 0 Å². The van der Waals surface area contributed by atoms with Crippen molar-refractivity contribution < 1.29 is 13.9 Å². The number of rotatable bonds is 2. The van der Waals surface area contributed by atoms with E-state index in [1.807, 2.05) is 6.92 Å². The number of aryl methyl sites for hydroxylation is 1. The largest absolute Gasteiger partial charge is 0.481 e. The molecule has 7 heteroatoms. The van der Waals surface area contributed by atoms with E-state index in [0.717, 1.165) is 0 Å². The van der Waals surface area contributed by atoms with Gasteiger partial charge in [0.1, 0.15) is 17.9 Å². The Labute approximate surface area is 125 Å². The van der Waals surface area contributed by atoms with E-state index < -0.39 is 5.82 Å². The van der Waals surface area contributed by atoms with Gasteiger partial charge in [-0.3, -0.25) is 4.79 Å². The molecule has 3 rings (SSSR count). The summed E-state index contributed by atoms with van der Waals surface area (Å²) < 4.78 is 19.4. The molecule has 0 bridgehead atoms. The number of carbonyl (C=O) groups excluding carboxylic acids is 1. The average molecular weight is 308 g/mol. The number of hydrogen-bond donors (Lipinski definition) is 1. The molecular formula is C14H11ClFN3O2. The molecule has 0 aliphatic carbocycles. The van der Waals surface area contributed by atoms with Gasteiger partial charge in [-0.15, -0.1) is 0 Å². The maximum atomic E-state index is 14.3. The predicted molar refractivity (Wildman–Crippen MR) is 75.9 cm³/mol. The molecule has 0 fully saturated rings. The van der Waals surface area contributed by atoms with E-state index in [4.69, 9.17) is 16.3 Å². The van der Waals surface area contributed by atoms with E-state index in [-0.39, 0.29) is 23.8 Å². The molecule has 1 aliphatic heterocycles. The van der Waals surface area contributed by atoms with Crippen molar-refractivity contribution in [2.24, 2.45) is 0 Å². The fourth-order valence-electron chi connectivity index (χ4n) is 2.12. The fourth-order valence-corrected chi connectivity index (χ4v) is 2.46. The zero-order valence-corrected chi connectivity index (χ0v) is 11.9. The standard InChI is InChI=1S/C14H11ClFN3O2/c1-2-9-13(15)14(18-6-17-9)7-3-10-11(4-8(7)16)21-5-12(20)19-10/h3-4,6H,2,5H2,1H3,(H,19,20). The second kappa shape index (κ2) is 5.29. The van der Waals surface area contributed by atoms with E-state index in [1.165, 1.54) is 18.5 Å². The minimum atomic E-state index is -0.521. The van der Waals surface area contributed by atoms with Crippen LogP contribution in [-0.4, -0.2) is 22.5 Å². The van der Waals surface area contributed by atoms with E-state index >= 15 is 0 Å². The van der Waals surface area contributed by atoms with Gasteiger partial charge in [-0.2, -0.15) is 0 Å². The highest BCUT2D eigenvalue weighted by molar-refractivity contribution is 6.33. The number of ether oxygens (including phenoxy) is 1. The highest BCUT2D eigenvalue weighted by Gasteiger charge is 2.21. The number of fused-ring (bicyclic) bond motifs is 1. The average Bonchev–Trinajstić information content (AvgIpc) is 2.47. The topological polar surface area (TPSA) is 64.1 Å². The number of halogens is 2. The van der Waals surface area contributed by atoms with Gasteiger partial charge in [0.2, 0.25) is 0 Å². The fraction of sp³-hybridized carbons (Fsp3) is 0.214. The highest BCUT2D eigenvalue weighted by Crippen LogP contribution is 2.37. The van der Waals surface area contributed by atoms with E-state index in [9.17, 15) is 9.18 Å². The molecule has 0 unspecified atom stereocenters. The minimum Gasteiger partial charge on any atom is -0.481 e. The van der Waals surface area contributed by atoms with Crippen molar-refractivity contribution in [2.45, 2.75) is 13.3 Å². The third kappa shape index (κ3) is 2.42. The van der Waals surface area contributed by atoms with Gasteiger partial charge in [0, 0.05) is 11.6 Å². The van der Waals surface area contributed by atoms with Gasteiger partial charge in [-0.1, -0.05) is 18.5 Å². The molecule has 1 aromatic carbocycles. The Bertz CT molecular complexity index is 736. The zero-order valence-electron chi connectivity index (χ0n) is 11.1. The number of benzene rings is 1. The third-order valence-corrected chi connectivity index (χ3v) is 3.55. The number of anilines is 1. The first-order valence-corrected chi connectivity index (χ1v) is 6.74. The first-order chi connectivity index (χ1) is 10.1. The summed E-state index contributed by atoms with van der Waals surface area (Å²) in [6.45, 7) is 1.77.